The smallest absolute Gasteiger partial charge is 0.341 e. The van der Waals surface area contributed by atoms with Gasteiger partial charge in [0.05, 0.1) is 39.2 Å². The maximum absolute atomic E-state index is 13.8. The summed E-state index contributed by atoms with van der Waals surface area (Å²) in [6.07, 6.45) is 2.51. The van der Waals surface area contributed by atoms with Crippen molar-refractivity contribution in [3.05, 3.63) is 38.6 Å². The minimum Gasteiger partial charge on any atom is -0.493 e. The summed E-state index contributed by atoms with van der Waals surface area (Å²) in [5, 5.41) is 13.8. The molecular weight excluding hydrogens is 590 g/mol. The first-order chi connectivity index (χ1) is 20.7. The molecule has 4 aromatic rings. The first kappa shape index (κ1) is 29.9. The number of aromatic nitrogens is 1. The van der Waals surface area contributed by atoms with Gasteiger partial charge in [-0.15, -0.1) is 22.7 Å². The Morgan fingerprint density at radius 2 is 1.84 bits per heavy atom. The topological polar surface area (TPSA) is 172 Å². The standard InChI is InChI=1S/C30H31N5O6S2/c1-6-41-30(37)21-15-8-7-13(2)9-19(15)42-28(21)35-27(36)25-23(32)22-20(16(12-31)26(33)34-29(22)43-25)14-10-17(38-3)24(40-5)18(11-14)39-4/h10-11,13H,6-9,32H2,1-5H3,(H2,33,34)(H,35,36). The van der Waals surface area contributed by atoms with Crippen LogP contribution in [0.1, 0.15) is 56.3 Å². The Labute approximate surface area is 256 Å². The van der Waals surface area contributed by atoms with Crippen LogP contribution >= 0.6 is 22.7 Å². The van der Waals surface area contributed by atoms with Gasteiger partial charge in [-0.05, 0) is 55.4 Å². The lowest BCUT2D eigenvalue weighted by Gasteiger charge is -2.18. The average molecular weight is 622 g/mol. The Morgan fingerprint density at radius 1 is 1.14 bits per heavy atom. The van der Waals surface area contributed by atoms with Gasteiger partial charge in [-0.2, -0.15) is 5.26 Å². The number of rotatable bonds is 8. The van der Waals surface area contributed by atoms with Crippen LogP contribution in [0.25, 0.3) is 21.3 Å². The molecule has 0 saturated carbocycles. The van der Waals surface area contributed by atoms with Crippen molar-refractivity contribution in [2.45, 2.75) is 33.1 Å². The predicted molar refractivity (Wildman–Crippen MR) is 168 cm³/mol. The first-order valence-electron chi connectivity index (χ1n) is 13.5. The molecule has 0 aliphatic heterocycles. The molecule has 11 nitrogen and oxygen atoms in total. The second-order valence-electron chi connectivity index (χ2n) is 10.0. The van der Waals surface area contributed by atoms with Gasteiger partial charge < -0.3 is 35.7 Å². The Kier molecular flexibility index (Phi) is 8.34. The van der Waals surface area contributed by atoms with Gasteiger partial charge in [-0.3, -0.25) is 4.79 Å². The molecule has 5 N–H and O–H groups in total. The predicted octanol–water partition coefficient (Wildman–Crippen LogP) is 5.64. The van der Waals surface area contributed by atoms with Crippen molar-refractivity contribution in [2.75, 3.05) is 44.7 Å². The van der Waals surface area contributed by atoms with Crippen LogP contribution in [0.3, 0.4) is 0 Å². The number of nitrogen functional groups attached to an aromatic ring is 2. The summed E-state index contributed by atoms with van der Waals surface area (Å²) in [6.45, 7) is 4.13. The lowest BCUT2D eigenvalue weighted by molar-refractivity contribution is 0.0526. The van der Waals surface area contributed by atoms with Crippen molar-refractivity contribution in [1.29, 1.82) is 5.26 Å². The number of hydrogen-bond acceptors (Lipinski definition) is 12. The summed E-state index contributed by atoms with van der Waals surface area (Å²) in [5.41, 5.74) is 15.3. The number of fused-ring (bicyclic) bond motifs is 2. The summed E-state index contributed by atoms with van der Waals surface area (Å²) < 4.78 is 21.8. The number of nitriles is 1. The van der Waals surface area contributed by atoms with Crippen molar-refractivity contribution in [2.24, 2.45) is 5.92 Å². The molecule has 13 heteroatoms. The molecular formula is C30H31N5O6S2. The highest BCUT2D eigenvalue weighted by Gasteiger charge is 2.31. The molecule has 0 bridgehead atoms. The van der Waals surface area contributed by atoms with Gasteiger partial charge in [0.15, 0.2) is 11.5 Å². The van der Waals surface area contributed by atoms with E-state index in [1.165, 1.54) is 32.7 Å². The van der Waals surface area contributed by atoms with Crippen LogP contribution in [0.15, 0.2) is 12.1 Å². The van der Waals surface area contributed by atoms with Crippen LogP contribution in [0.5, 0.6) is 17.2 Å². The highest BCUT2D eigenvalue weighted by molar-refractivity contribution is 7.21. The van der Waals surface area contributed by atoms with Gasteiger partial charge in [0, 0.05) is 15.8 Å². The van der Waals surface area contributed by atoms with E-state index in [2.05, 4.69) is 23.3 Å². The third kappa shape index (κ3) is 5.17. The number of pyridine rings is 1. The monoisotopic (exact) mass is 621 g/mol. The van der Waals surface area contributed by atoms with E-state index in [1.807, 2.05) is 0 Å². The molecule has 1 amide bonds. The van der Waals surface area contributed by atoms with Gasteiger partial charge in [-0.1, -0.05) is 6.92 Å². The third-order valence-corrected chi connectivity index (χ3v) is 9.66. The number of nitrogens with two attached hydrogens (primary N) is 2. The van der Waals surface area contributed by atoms with E-state index in [0.29, 0.717) is 55.1 Å². The molecule has 5 rings (SSSR count). The minimum absolute atomic E-state index is 0.0170. The molecule has 0 radical (unpaired) electrons. The van der Waals surface area contributed by atoms with E-state index in [-0.39, 0.29) is 28.6 Å². The molecule has 1 aliphatic rings. The quantitative estimate of drug-likeness (QED) is 0.209. The number of methoxy groups -OCH3 is 3. The summed E-state index contributed by atoms with van der Waals surface area (Å²) in [5.74, 6) is 0.572. The number of hydrogen-bond donors (Lipinski definition) is 3. The van der Waals surface area contributed by atoms with E-state index in [9.17, 15) is 14.9 Å². The summed E-state index contributed by atoms with van der Waals surface area (Å²) in [6, 6.07) is 5.48. The van der Waals surface area contributed by atoms with E-state index in [0.717, 1.165) is 41.0 Å². The normalized spacial score (nSPS) is 14.1. The van der Waals surface area contributed by atoms with Gasteiger partial charge in [-0.25, -0.2) is 9.78 Å². The number of thiophene rings is 2. The van der Waals surface area contributed by atoms with E-state index in [1.54, 1.807) is 19.1 Å². The molecule has 0 fully saturated rings. The molecule has 1 atom stereocenters. The Bertz CT molecular complexity index is 1780. The van der Waals surface area contributed by atoms with Crippen molar-refractivity contribution >= 4 is 61.3 Å². The Morgan fingerprint density at radius 3 is 2.44 bits per heavy atom. The van der Waals surface area contributed by atoms with Gasteiger partial charge >= 0.3 is 5.97 Å². The fraction of sp³-hybridized carbons (Fsp3) is 0.333. The number of carbonyl (C=O) groups excluding carboxylic acids is 2. The van der Waals surface area contributed by atoms with Crippen molar-refractivity contribution in [3.63, 3.8) is 0 Å². The van der Waals surface area contributed by atoms with Crippen LogP contribution in [0.2, 0.25) is 0 Å². The summed E-state index contributed by atoms with van der Waals surface area (Å²) in [4.78, 5) is 32.8. The molecule has 43 heavy (non-hydrogen) atoms. The molecule has 224 valence electrons. The number of ether oxygens (including phenoxy) is 4. The molecule has 0 saturated heterocycles. The number of nitrogens with one attached hydrogen (secondary N) is 1. The molecule has 3 aromatic heterocycles. The molecule has 1 unspecified atom stereocenters. The minimum atomic E-state index is -0.509. The second-order valence-corrected chi connectivity index (χ2v) is 12.1. The van der Waals surface area contributed by atoms with Gasteiger partial charge in [0.1, 0.15) is 32.2 Å². The van der Waals surface area contributed by atoms with Crippen LogP contribution in [0.4, 0.5) is 16.5 Å². The zero-order valence-electron chi connectivity index (χ0n) is 24.4. The lowest BCUT2D eigenvalue weighted by Crippen LogP contribution is -2.16. The zero-order chi connectivity index (χ0) is 31.0. The number of esters is 1. The van der Waals surface area contributed by atoms with Crippen LogP contribution in [-0.2, 0) is 17.6 Å². The average Bonchev–Trinajstić information content (AvgIpc) is 3.51. The largest absolute Gasteiger partial charge is 0.493 e. The van der Waals surface area contributed by atoms with Crippen molar-refractivity contribution in [1.82, 2.24) is 4.98 Å². The fourth-order valence-corrected chi connectivity index (χ4v) is 7.79. The van der Waals surface area contributed by atoms with Crippen LogP contribution in [0, 0.1) is 17.2 Å². The van der Waals surface area contributed by atoms with Gasteiger partial charge in [0.25, 0.3) is 5.91 Å². The van der Waals surface area contributed by atoms with Crippen LogP contribution < -0.4 is 31.0 Å². The van der Waals surface area contributed by atoms with Gasteiger partial charge in [0.2, 0.25) is 5.75 Å². The Balaban J connectivity index is 1.65. The fourth-order valence-electron chi connectivity index (χ4n) is 5.38. The van der Waals surface area contributed by atoms with Crippen molar-refractivity contribution in [3.8, 4) is 34.4 Å². The highest BCUT2D eigenvalue weighted by atomic mass is 32.1. The van der Waals surface area contributed by atoms with Crippen molar-refractivity contribution < 1.29 is 28.5 Å². The van der Waals surface area contributed by atoms with E-state index < -0.39 is 11.9 Å². The van der Waals surface area contributed by atoms with E-state index in [4.69, 9.17) is 30.4 Å². The number of anilines is 3. The number of carbonyl (C=O) groups is 2. The molecule has 1 aromatic carbocycles. The van der Waals surface area contributed by atoms with E-state index >= 15 is 0 Å². The molecule has 0 spiro atoms. The summed E-state index contributed by atoms with van der Waals surface area (Å²) >= 11 is 2.43. The zero-order valence-corrected chi connectivity index (χ0v) is 26.0. The number of nitrogens with zero attached hydrogens (tertiary/aromatic N) is 2. The second kappa shape index (κ2) is 12.0. The first-order valence-corrected chi connectivity index (χ1v) is 15.1. The summed E-state index contributed by atoms with van der Waals surface area (Å²) in [7, 11) is 4.46. The molecule has 1 aliphatic carbocycles. The third-order valence-electron chi connectivity index (χ3n) is 7.39. The maximum atomic E-state index is 13.8. The Hall–Kier alpha value is -4.54. The highest BCUT2D eigenvalue weighted by Crippen LogP contribution is 2.48. The number of benzene rings is 1. The lowest BCUT2D eigenvalue weighted by atomic mass is 9.88. The van der Waals surface area contributed by atoms with Crippen LogP contribution in [-0.4, -0.2) is 44.8 Å². The molecule has 3 heterocycles. The SMILES string of the molecule is CCOC(=O)c1c(NC(=O)c2sc3nc(N)c(C#N)c(-c4cc(OC)c(OC)c(OC)c4)c3c2N)sc2c1CCC(C)C2. The number of amides is 1. The maximum Gasteiger partial charge on any atom is 0.341 e.